The van der Waals surface area contributed by atoms with E-state index in [1.807, 2.05) is 25.1 Å². The second kappa shape index (κ2) is 6.57. The molecule has 0 unspecified atom stereocenters. The minimum absolute atomic E-state index is 0.0717. The summed E-state index contributed by atoms with van der Waals surface area (Å²) in [4.78, 5) is 24.9. The van der Waals surface area contributed by atoms with Crippen LogP contribution in [0.25, 0.3) is 6.08 Å². The van der Waals surface area contributed by atoms with Crippen LogP contribution in [-0.2, 0) is 11.8 Å². The average Bonchev–Trinajstić information content (AvgIpc) is 2.92. The van der Waals surface area contributed by atoms with E-state index in [-0.39, 0.29) is 28.5 Å². The highest BCUT2D eigenvalue weighted by Gasteiger charge is 2.29. The molecule has 7 heteroatoms. The highest BCUT2D eigenvalue weighted by Crippen LogP contribution is 2.29. The fourth-order valence-corrected chi connectivity index (χ4v) is 2.90. The molecule has 1 aromatic carbocycles. The third-order valence-corrected chi connectivity index (χ3v) is 4.60. The number of hydrazone groups is 1. The maximum absolute atomic E-state index is 12.9. The second-order valence-electron chi connectivity index (χ2n) is 6.41. The third-order valence-electron chi connectivity index (χ3n) is 4.60. The SMILES string of the molecule is CC1=NN(c2ccc(C)cc2)C(=O)C1=Cc1c(C)c(C#N)c(=O)n(C)c1O. The van der Waals surface area contributed by atoms with Crippen LogP contribution in [0.4, 0.5) is 5.69 Å². The summed E-state index contributed by atoms with van der Waals surface area (Å²) in [5, 5.41) is 25.2. The molecule has 1 N–H and O–H groups in total. The van der Waals surface area contributed by atoms with Crippen LogP contribution in [0.2, 0.25) is 0 Å². The van der Waals surface area contributed by atoms with Crippen molar-refractivity contribution in [1.82, 2.24) is 4.57 Å². The number of rotatable bonds is 2. The summed E-state index contributed by atoms with van der Waals surface area (Å²) in [7, 11) is 1.37. The third kappa shape index (κ3) is 2.91. The van der Waals surface area contributed by atoms with Crippen molar-refractivity contribution >= 4 is 23.4 Å². The van der Waals surface area contributed by atoms with Crippen LogP contribution in [0.15, 0.2) is 39.7 Å². The van der Waals surface area contributed by atoms with Crippen LogP contribution in [0, 0.1) is 25.2 Å². The minimum atomic E-state index is -0.584. The Morgan fingerprint density at radius 1 is 1.15 bits per heavy atom. The average molecular weight is 362 g/mol. The van der Waals surface area contributed by atoms with E-state index in [0.29, 0.717) is 17.0 Å². The summed E-state index contributed by atoms with van der Waals surface area (Å²) in [5.41, 5.74) is 2.38. The van der Waals surface area contributed by atoms with Crippen LogP contribution in [0.3, 0.4) is 0 Å². The molecule has 0 atom stereocenters. The second-order valence-corrected chi connectivity index (χ2v) is 6.41. The number of aromatic hydroxyl groups is 1. The minimum Gasteiger partial charge on any atom is -0.494 e. The Bertz CT molecular complexity index is 1120. The van der Waals surface area contributed by atoms with Gasteiger partial charge in [-0.2, -0.15) is 15.4 Å². The molecule has 2 heterocycles. The number of aryl methyl sites for hydroxylation is 1. The molecule has 0 saturated carbocycles. The zero-order valence-electron chi connectivity index (χ0n) is 15.4. The van der Waals surface area contributed by atoms with Gasteiger partial charge in [0.05, 0.1) is 17.0 Å². The molecule has 27 heavy (non-hydrogen) atoms. The van der Waals surface area contributed by atoms with Gasteiger partial charge in [-0.15, -0.1) is 0 Å². The number of nitriles is 1. The van der Waals surface area contributed by atoms with E-state index in [4.69, 9.17) is 0 Å². The van der Waals surface area contributed by atoms with Gasteiger partial charge in [0.1, 0.15) is 11.6 Å². The van der Waals surface area contributed by atoms with Crippen molar-refractivity contribution in [3.8, 4) is 11.9 Å². The standard InChI is InChI=1S/C20H18N4O3/c1-11-5-7-14(8-6-11)24-20(27)16(13(3)22-24)9-15-12(2)17(10-21)19(26)23(4)18(15)25/h5-9,25H,1-4H3. The lowest BCUT2D eigenvalue weighted by Gasteiger charge is -2.13. The van der Waals surface area contributed by atoms with E-state index in [0.717, 1.165) is 10.1 Å². The first-order valence-electron chi connectivity index (χ1n) is 8.27. The molecule has 1 amide bonds. The highest BCUT2D eigenvalue weighted by molar-refractivity contribution is 6.32. The molecule has 0 bridgehead atoms. The zero-order chi connectivity index (χ0) is 19.9. The van der Waals surface area contributed by atoms with Gasteiger partial charge in [-0.25, -0.2) is 0 Å². The molecule has 1 aromatic heterocycles. The molecule has 0 fully saturated rings. The number of carbonyl (C=O) groups is 1. The largest absolute Gasteiger partial charge is 0.494 e. The molecule has 3 rings (SSSR count). The first-order valence-corrected chi connectivity index (χ1v) is 8.27. The van der Waals surface area contributed by atoms with Gasteiger partial charge in [-0.1, -0.05) is 17.7 Å². The lowest BCUT2D eigenvalue weighted by atomic mass is 10.0. The van der Waals surface area contributed by atoms with E-state index < -0.39 is 5.56 Å². The first kappa shape index (κ1) is 18.1. The van der Waals surface area contributed by atoms with E-state index >= 15 is 0 Å². The lowest BCUT2D eigenvalue weighted by Crippen LogP contribution is -2.23. The maximum Gasteiger partial charge on any atom is 0.280 e. The molecule has 7 nitrogen and oxygen atoms in total. The van der Waals surface area contributed by atoms with Gasteiger partial charge in [-0.05, 0) is 44.5 Å². The molecule has 0 radical (unpaired) electrons. The normalized spacial score (nSPS) is 15.2. The number of carbonyl (C=O) groups excluding carboxylic acids is 1. The number of nitrogens with zero attached hydrogens (tertiary/aromatic N) is 4. The Balaban J connectivity index is 2.12. The summed E-state index contributed by atoms with van der Waals surface area (Å²) < 4.78 is 0.988. The Kier molecular flexibility index (Phi) is 4.42. The predicted molar refractivity (Wildman–Crippen MR) is 103 cm³/mol. The summed E-state index contributed by atoms with van der Waals surface area (Å²) in [6, 6.07) is 9.23. The molecule has 1 aliphatic heterocycles. The molecule has 1 aliphatic rings. The molecule has 0 spiro atoms. The van der Waals surface area contributed by atoms with Crippen molar-refractivity contribution in [2.75, 3.05) is 5.01 Å². The number of benzene rings is 1. The Morgan fingerprint density at radius 2 is 1.78 bits per heavy atom. The van der Waals surface area contributed by atoms with Gasteiger partial charge in [0.2, 0.25) is 5.88 Å². The number of amides is 1. The Labute approximate surface area is 156 Å². The zero-order valence-corrected chi connectivity index (χ0v) is 15.4. The number of hydrogen-bond donors (Lipinski definition) is 1. The highest BCUT2D eigenvalue weighted by atomic mass is 16.3. The summed E-state index contributed by atoms with van der Waals surface area (Å²) >= 11 is 0. The number of aromatic nitrogens is 1. The first-order chi connectivity index (χ1) is 12.8. The maximum atomic E-state index is 12.9. The van der Waals surface area contributed by atoms with Gasteiger partial charge in [-0.3, -0.25) is 14.2 Å². The topological polar surface area (TPSA) is 98.7 Å². The van der Waals surface area contributed by atoms with E-state index in [1.54, 1.807) is 26.0 Å². The van der Waals surface area contributed by atoms with Crippen molar-refractivity contribution < 1.29 is 9.90 Å². The molecule has 2 aromatic rings. The summed E-state index contributed by atoms with van der Waals surface area (Å²) in [6.07, 6.45) is 1.47. The fourth-order valence-electron chi connectivity index (χ4n) is 2.90. The summed E-state index contributed by atoms with van der Waals surface area (Å²) in [6.45, 7) is 5.21. The van der Waals surface area contributed by atoms with Crippen LogP contribution in [0.1, 0.15) is 29.2 Å². The number of anilines is 1. The molecule has 0 aliphatic carbocycles. The quantitative estimate of drug-likeness (QED) is 0.829. The smallest absolute Gasteiger partial charge is 0.280 e. The lowest BCUT2D eigenvalue weighted by molar-refractivity contribution is -0.114. The molecule has 0 saturated heterocycles. The van der Waals surface area contributed by atoms with E-state index in [1.165, 1.54) is 18.1 Å². The van der Waals surface area contributed by atoms with Gasteiger partial charge >= 0.3 is 0 Å². The van der Waals surface area contributed by atoms with Gasteiger partial charge in [0, 0.05) is 12.6 Å². The van der Waals surface area contributed by atoms with E-state index in [9.17, 15) is 20.0 Å². The van der Waals surface area contributed by atoms with Crippen LogP contribution < -0.4 is 10.6 Å². The van der Waals surface area contributed by atoms with E-state index in [2.05, 4.69) is 5.10 Å². The Morgan fingerprint density at radius 3 is 2.37 bits per heavy atom. The fraction of sp³-hybridized carbons (Fsp3) is 0.200. The van der Waals surface area contributed by atoms with Gasteiger partial charge in [0.15, 0.2) is 0 Å². The predicted octanol–water partition coefficient (Wildman–Crippen LogP) is 2.39. The van der Waals surface area contributed by atoms with Crippen molar-refractivity contribution in [3.05, 3.63) is 62.4 Å². The van der Waals surface area contributed by atoms with Gasteiger partial charge in [0.25, 0.3) is 11.5 Å². The molecular formula is C20H18N4O3. The molecular weight excluding hydrogens is 344 g/mol. The van der Waals surface area contributed by atoms with Crippen LogP contribution in [-0.4, -0.2) is 21.3 Å². The van der Waals surface area contributed by atoms with Crippen molar-refractivity contribution in [1.29, 1.82) is 5.26 Å². The van der Waals surface area contributed by atoms with Crippen molar-refractivity contribution in [2.45, 2.75) is 20.8 Å². The Hall–Kier alpha value is -3.66. The van der Waals surface area contributed by atoms with Crippen LogP contribution in [0.5, 0.6) is 5.88 Å². The summed E-state index contributed by atoms with van der Waals surface area (Å²) in [5.74, 6) is -0.652. The van der Waals surface area contributed by atoms with Crippen molar-refractivity contribution in [3.63, 3.8) is 0 Å². The van der Waals surface area contributed by atoms with Crippen molar-refractivity contribution in [2.24, 2.45) is 12.1 Å². The number of pyridine rings is 1. The molecule has 136 valence electrons. The van der Waals surface area contributed by atoms with Gasteiger partial charge < -0.3 is 5.11 Å². The monoisotopic (exact) mass is 362 g/mol. The number of hydrogen-bond acceptors (Lipinski definition) is 5. The van der Waals surface area contributed by atoms with Crippen LogP contribution >= 0.6 is 0 Å².